The van der Waals surface area contributed by atoms with Gasteiger partial charge in [0.2, 0.25) is 0 Å². The predicted molar refractivity (Wildman–Crippen MR) is 92.2 cm³/mol. The third kappa shape index (κ3) is 3.06. The summed E-state index contributed by atoms with van der Waals surface area (Å²) in [4.78, 5) is 5.62. The van der Waals surface area contributed by atoms with Crippen LogP contribution in [0.3, 0.4) is 0 Å². The van der Waals surface area contributed by atoms with Gasteiger partial charge in [0.05, 0.1) is 15.5 Å². The number of thiazole rings is 1. The van der Waals surface area contributed by atoms with Crippen molar-refractivity contribution in [2.75, 3.05) is 4.72 Å². The number of rotatable bonds is 4. The van der Waals surface area contributed by atoms with E-state index in [-0.39, 0.29) is 4.90 Å². The molecule has 0 saturated heterocycles. The second-order valence-electron chi connectivity index (χ2n) is 4.87. The van der Waals surface area contributed by atoms with Crippen molar-refractivity contribution in [3.63, 3.8) is 0 Å². The molecule has 0 spiro atoms. The summed E-state index contributed by atoms with van der Waals surface area (Å²) in [6, 6.07) is 8.99. The second kappa shape index (κ2) is 5.83. The number of sulfonamides is 1. The van der Waals surface area contributed by atoms with Crippen molar-refractivity contribution in [2.24, 2.45) is 0 Å². The van der Waals surface area contributed by atoms with E-state index in [0.717, 1.165) is 21.7 Å². The van der Waals surface area contributed by atoms with Crippen molar-refractivity contribution in [1.82, 2.24) is 4.98 Å². The van der Waals surface area contributed by atoms with Crippen molar-refractivity contribution < 1.29 is 8.42 Å². The molecule has 1 N–H and O–H groups in total. The highest BCUT2D eigenvalue weighted by molar-refractivity contribution is 7.93. The molecule has 0 aliphatic heterocycles. The van der Waals surface area contributed by atoms with Gasteiger partial charge in [-0.2, -0.15) is 0 Å². The first kappa shape index (κ1) is 15.2. The van der Waals surface area contributed by atoms with Crippen LogP contribution in [-0.4, -0.2) is 13.4 Å². The molecule has 3 aromatic rings. The lowest BCUT2D eigenvalue weighted by molar-refractivity contribution is 0.601. The summed E-state index contributed by atoms with van der Waals surface area (Å²) in [5.74, 6) is 0. The zero-order valence-electron chi connectivity index (χ0n) is 12.0. The summed E-state index contributed by atoms with van der Waals surface area (Å²) in [5, 5.41) is 4.19. The van der Waals surface area contributed by atoms with Crippen molar-refractivity contribution in [3.05, 3.63) is 52.2 Å². The number of thiophene rings is 1. The Morgan fingerprint density at radius 2 is 1.91 bits per heavy atom. The van der Waals surface area contributed by atoms with Crippen LogP contribution in [0.2, 0.25) is 0 Å². The van der Waals surface area contributed by atoms with Crippen LogP contribution in [0.15, 0.2) is 46.0 Å². The van der Waals surface area contributed by atoms with Gasteiger partial charge in [-0.25, -0.2) is 13.4 Å². The molecule has 2 heterocycles. The van der Waals surface area contributed by atoms with Crippen molar-refractivity contribution in [1.29, 1.82) is 0 Å². The lowest BCUT2D eigenvalue weighted by Crippen LogP contribution is -2.13. The molecule has 22 heavy (non-hydrogen) atoms. The Labute approximate surface area is 137 Å². The van der Waals surface area contributed by atoms with Crippen LogP contribution in [0, 0.1) is 13.8 Å². The Hall–Kier alpha value is -1.70. The van der Waals surface area contributed by atoms with E-state index in [4.69, 9.17) is 0 Å². The molecule has 4 nitrogen and oxygen atoms in total. The molecule has 2 aromatic heterocycles. The van der Waals surface area contributed by atoms with Gasteiger partial charge in [-0.05, 0) is 48.6 Å². The molecule has 0 atom stereocenters. The van der Waals surface area contributed by atoms with Gasteiger partial charge < -0.3 is 0 Å². The SMILES string of the molecule is Cc1ccc(S(=O)(=O)Nc2nc(-c3cccs3)cs2)cc1C. The Kier molecular flexibility index (Phi) is 4.03. The Morgan fingerprint density at radius 3 is 2.59 bits per heavy atom. The van der Waals surface area contributed by atoms with Crippen LogP contribution >= 0.6 is 22.7 Å². The van der Waals surface area contributed by atoms with Gasteiger partial charge >= 0.3 is 0 Å². The second-order valence-corrected chi connectivity index (χ2v) is 8.35. The first-order chi connectivity index (χ1) is 10.5. The van der Waals surface area contributed by atoms with Gasteiger partial charge in [0.25, 0.3) is 10.0 Å². The first-order valence-electron chi connectivity index (χ1n) is 6.55. The summed E-state index contributed by atoms with van der Waals surface area (Å²) in [6.07, 6.45) is 0. The zero-order chi connectivity index (χ0) is 15.7. The molecule has 0 amide bonds. The van der Waals surface area contributed by atoms with E-state index in [2.05, 4.69) is 9.71 Å². The minimum Gasteiger partial charge on any atom is -0.255 e. The van der Waals surface area contributed by atoms with E-state index in [0.29, 0.717) is 5.13 Å². The van der Waals surface area contributed by atoms with Crippen LogP contribution in [0.25, 0.3) is 10.6 Å². The Balaban J connectivity index is 1.87. The van der Waals surface area contributed by atoms with Crippen LogP contribution in [0.4, 0.5) is 5.13 Å². The average Bonchev–Trinajstić information content (AvgIpc) is 3.11. The minimum atomic E-state index is -3.61. The molecule has 0 fully saturated rings. The fourth-order valence-electron chi connectivity index (χ4n) is 1.91. The van der Waals surface area contributed by atoms with Gasteiger partial charge in [0.1, 0.15) is 0 Å². The quantitative estimate of drug-likeness (QED) is 0.763. The summed E-state index contributed by atoms with van der Waals surface area (Å²) in [7, 11) is -3.61. The lowest BCUT2D eigenvalue weighted by Gasteiger charge is -2.07. The highest BCUT2D eigenvalue weighted by Gasteiger charge is 2.17. The van der Waals surface area contributed by atoms with Gasteiger partial charge in [-0.3, -0.25) is 4.72 Å². The van der Waals surface area contributed by atoms with E-state index < -0.39 is 10.0 Å². The molecule has 114 valence electrons. The predicted octanol–water partition coefficient (Wildman–Crippen LogP) is 4.29. The highest BCUT2D eigenvalue weighted by atomic mass is 32.2. The maximum atomic E-state index is 12.4. The molecular weight excluding hydrogens is 336 g/mol. The van der Waals surface area contributed by atoms with Crippen molar-refractivity contribution >= 4 is 37.8 Å². The van der Waals surface area contributed by atoms with Crippen LogP contribution < -0.4 is 4.72 Å². The first-order valence-corrected chi connectivity index (χ1v) is 9.79. The zero-order valence-corrected chi connectivity index (χ0v) is 14.5. The van der Waals surface area contributed by atoms with Gasteiger partial charge in [0.15, 0.2) is 5.13 Å². The number of hydrogen-bond acceptors (Lipinski definition) is 5. The number of anilines is 1. The molecule has 0 radical (unpaired) electrons. The van der Waals surface area contributed by atoms with Crippen molar-refractivity contribution in [2.45, 2.75) is 18.7 Å². The monoisotopic (exact) mass is 350 g/mol. The maximum absolute atomic E-state index is 12.4. The maximum Gasteiger partial charge on any atom is 0.263 e. The largest absolute Gasteiger partial charge is 0.263 e. The van der Waals surface area contributed by atoms with Crippen molar-refractivity contribution in [3.8, 4) is 10.6 Å². The van der Waals surface area contributed by atoms with Crippen LogP contribution in [0.1, 0.15) is 11.1 Å². The molecular formula is C15H14N2O2S3. The lowest BCUT2D eigenvalue weighted by atomic mass is 10.1. The number of benzene rings is 1. The number of nitrogens with one attached hydrogen (secondary N) is 1. The molecule has 0 aliphatic carbocycles. The number of aryl methyl sites for hydroxylation is 2. The molecule has 1 aromatic carbocycles. The van der Waals surface area contributed by atoms with E-state index in [1.54, 1.807) is 23.5 Å². The molecule has 3 rings (SSSR count). The third-order valence-corrected chi connectivity index (χ3v) is 6.40. The average molecular weight is 350 g/mol. The van der Waals surface area contributed by atoms with E-state index in [1.807, 2.05) is 42.8 Å². The fraction of sp³-hybridized carbons (Fsp3) is 0.133. The number of aromatic nitrogens is 1. The smallest absolute Gasteiger partial charge is 0.255 e. The van der Waals surface area contributed by atoms with E-state index >= 15 is 0 Å². The van der Waals surface area contributed by atoms with Gasteiger partial charge in [-0.1, -0.05) is 12.1 Å². The summed E-state index contributed by atoms with van der Waals surface area (Å²) in [5.41, 5.74) is 2.80. The molecule has 0 bridgehead atoms. The topological polar surface area (TPSA) is 59.1 Å². The number of nitrogens with zero attached hydrogens (tertiary/aromatic N) is 1. The standard InChI is InChI=1S/C15H14N2O2S3/c1-10-5-6-12(8-11(10)2)22(18,19)17-15-16-13(9-21-15)14-4-3-7-20-14/h3-9H,1-2H3,(H,16,17). The van der Waals surface area contributed by atoms with Crippen LogP contribution in [0.5, 0.6) is 0 Å². The third-order valence-electron chi connectivity index (χ3n) is 3.29. The van der Waals surface area contributed by atoms with Gasteiger partial charge in [0, 0.05) is 5.38 Å². The Morgan fingerprint density at radius 1 is 1.09 bits per heavy atom. The highest BCUT2D eigenvalue weighted by Crippen LogP contribution is 2.29. The fourth-order valence-corrected chi connectivity index (χ4v) is 4.72. The molecule has 0 aliphatic rings. The summed E-state index contributed by atoms with van der Waals surface area (Å²) >= 11 is 2.86. The minimum absolute atomic E-state index is 0.253. The van der Waals surface area contributed by atoms with Crippen LogP contribution in [-0.2, 0) is 10.0 Å². The summed E-state index contributed by atoms with van der Waals surface area (Å²) in [6.45, 7) is 3.85. The Bertz CT molecular complexity index is 897. The molecule has 0 unspecified atom stereocenters. The van der Waals surface area contributed by atoms with Gasteiger partial charge in [-0.15, -0.1) is 22.7 Å². The normalized spacial score (nSPS) is 11.5. The summed E-state index contributed by atoms with van der Waals surface area (Å²) < 4.78 is 27.4. The number of hydrogen-bond donors (Lipinski definition) is 1. The molecule has 0 saturated carbocycles. The van der Waals surface area contributed by atoms with E-state index in [1.165, 1.54) is 11.3 Å². The molecule has 7 heteroatoms. The van der Waals surface area contributed by atoms with E-state index in [9.17, 15) is 8.42 Å².